The zero-order valence-corrected chi connectivity index (χ0v) is 14.3. The average Bonchev–Trinajstić information content (AvgIpc) is 2.40. The number of benzene rings is 1. The molecule has 0 heteroatoms. The predicted molar refractivity (Wildman–Crippen MR) is 89.4 cm³/mol. The first kappa shape index (κ1) is 15.6. The van der Waals surface area contributed by atoms with Crippen LogP contribution in [0.2, 0.25) is 0 Å². The van der Waals surface area contributed by atoms with Crippen LogP contribution >= 0.6 is 0 Å². The maximum Gasteiger partial charge on any atom is -0.0156 e. The largest absolute Gasteiger partial charge is 0.0651 e. The third-order valence-electron chi connectivity index (χ3n) is 5.85. The van der Waals surface area contributed by atoms with Crippen molar-refractivity contribution in [1.29, 1.82) is 0 Å². The van der Waals surface area contributed by atoms with Crippen LogP contribution in [0.25, 0.3) is 0 Å². The van der Waals surface area contributed by atoms with Crippen molar-refractivity contribution >= 4 is 0 Å². The van der Waals surface area contributed by atoms with Crippen molar-refractivity contribution in [3.63, 3.8) is 0 Å². The van der Waals surface area contributed by atoms with Crippen LogP contribution in [0.3, 0.4) is 0 Å². The summed E-state index contributed by atoms with van der Waals surface area (Å²) < 4.78 is 0. The van der Waals surface area contributed by atoms with E-state index in [1.807, 2.05) is 0 Å². The van der Waals surface area contributed by atoms with E-state index in [2.05, 4.69) is 53.7 Å². The molecule has 0 radical (unpaired) electrons. The van der Waals surface area contributed by atoms with Gasteiger partial charge in [-0.2, -0.15) is 0 Å². The maximum absolute atomic E-state index is 2.47. The Hall–Kier alpha value is -0.780. The average molecular weight is 272 g/mol. The lowest BCUT2D eigenvalue weighted by atomic mass is 9.70. The molecule has 0 nitrogen and oxygen atoms in total. The quantitative estimate of drug-likeness (QED) is 0.626. The first-order chi connectivity index (χ1) is 9.43. The molecule has 0 aliphatic heterocycles. The summed E-state index contributed by atoms with van der Waals surface area (Å²) in [6, 6.07) is 4.79. The summed E-state index contributed by atoms with van der Waals surface area (Å²) in [6.07, 6.45) is 5.40. The third kappa shape index (κ3) is 3.10. The molecule has 1 aliphatic carbocycles. The minimum Gasteiger partial charge on any atom is -0.0651 e. The van der Waals surface area contributed by atoms with Gasteiger partial charge in [-0.15, -0.1) is 0 Å². The van der Waals surface area contributed by atoms with Crippen LogP contribution in [0, 0.1) is 31.6 Å². The van der Waals surface area contributed by atoms with E-state index in [0.717, 1.165) is 23.7 Å². The monoisotopic (exact) mass is 272 g/mol. The summed E-state index contributed by atoms with van der Waals surface area (Å²) in [4.78, 5) is 0. The second kappa shape index (κ2) is 6.33. The van der Waals surface area contributed by atoms with E-state index in [1.54, 1.807) is 11.1 Å². The highest BCUT2D eigenvalue weighted by Gasteiger charge is 2.29. The van der Waals surface area contributed by atoms with E-state index in [9.17, 15) is 0 Å². The van der Waals surface area contributed by atoms with Gasteiger partial charge in [-0.25, -0.2) is 0 Å². The Morgan fingerprint density at radius 3 is 2.50 bits per heavy atom. The van der Waals surface area contributed by atoms with Crippen molar-refractivity contribution in [2.24, 2.45) is 17.8 Å². The number of hydrogen-bond donors (Lipinski definition) is 0. The van der Waals surface area contributed by atoms with E-state index in [0.29, 0.717) is 0 Å². The lowest BCUT2D eigenvalue weighted by Gasteiger charge is -2.35. The summed E-state index contributed by atoms with van der Waals surface area (Å²) in [5.74, 6) is 3.35. The van der Waals surface area contributed by atoms with E-state index >= 15 is 0 Å². The molecule has 1 aromatic rings. The highest BCUT2D eigenvalue weighted by atomic mass is 14.3. The Morgan fingerprint density at radius 2 is 1.85 bits per heavy atom. The fourth-order valence-corrected chi connectivity index (χ4v) is 4.19. The van der Waals surface area contributed by atoms with Gasteiger partial charge in [0.15, 0.2) is 0 Å². The Bertz CT molecular complexity index is 457. The molecule has 0 fully saturated rings. The molecule has 0 heterocycles. The molecule has 4 atom stereocenters. The standard InChI is InChI=1S/C20H32/c1-7-14(3)15(4)12-18-8-9-19-11-13(2)10-16(5)20(19)17(18)6/h10-11,14-15,17-18H,7-9,12H2,1-6H3. The van der Waals surface area contributed by atoms with Crippen molar-refractivity contribution in [2.45, 2.75) is 73.1 Å². The van der Waals surface area contributed by atoms with Crippen LogP contribution in [0.4, 0.5) is 0 Å². The first-order valence-electron chi connectivity index (χ1n) is 8.54. The normalized spacial score (nSPS) is 25.1. The molecule has 0 saturated carbocycles. The van der Waals surface area contributed by atoms with Gasteiger partial charge in [0.1, 0.15) is 0 Å². The highest BCUT2D eigenvalue weighted by molar-refractivity contribution is 5.42. The van der Waals surface area contributed by atoms with Crippen molar-refractivity contribution < 1.29 is 0 Å². The topological polar surface area (TPSA) is 0 Å². The molecule has 0 saturated heterocycles. The molecule has 1 aromatic carbocycles. The van der Waals surface area contributed by atoms with Crippen LogP contribution < -0.4 is 0 Å². The molecular weight excluding hydrogens is 240 g/mol. The van der Waals surface area contributed by atoms with Crippen molar-refractivity contribution in [3.8, 4) is 0 Å². The van der Waals surface area contributed by atoms with Gasteiger partial charge in [0.25, 0.3) is 0 Å². The van der Waals surface area contributed by atoms with E-state index in [-0.39, 0.29) is 0 Å². The van der Waals surface area contributed by atoms with Crippen LogP contribution in [0.1, 0.15) is 75.1 Å². The third-order valence-corrected chi connectivity index (χ3v) is 5.85. The Labute approximate surface area is 126 Å². The van der Waals surface area contributed by atoms with Gasteiger partial charge in [-0.1, -0.05) is 51.8 Å². The minimum absolute atomic E-state index is 0.742. The SMILES string of the molecule is CCC(C)C(C)CC1CCc2cc(C)cc(C)c2C1C. The zero-order valence-electron chi connectivity index (χ0n) is 14.3. The van der Waals surface area contributed by atoms with Gasteiger partial charge in [0, 0.05) is 0 Å². The summed E-state index contributed by atoms with van der Waals surface area (Å²) in [5, 5.41) is 0. The lowest BCUT2D eigenvalue weighted by Crippen LogP contribution is -2.23. The molecule has 20 heavy (non-hydrogen) atoms. The van der Waals surface area contributed by atoms with Crippen LogP contribution in [-0.4, -0.2) is 0 Å². The van der Waals surface area contributed by atoms with Gasteiger partial charge < -0.3 is 0 Å². The number of fused-ring (bicyclic) bond motifs is 1. The van der Waals surface area contributed by atoms with E-state index in [4.69, 9.17) is 0 Å². The molecule has 0 aromatic heterocycles. The second-order valence-corrected chi connectivity index (χ2v) is 7.34. The molecule has 2 rings (SSSR count). The smallest absolute Gasteiger partial charge is 0.0156 e. The minimum atomic E-state index is 0.742. The molecule has 0 amide bonds. The molecule has 0 spiro atoms. The Balaban J connectivity index is 2.17. The van der Waals surface area contributed by atoms with Crippen LogP contribution in [-0.2, 0) is 6.42 Å². The summed E-state index contributed by atoms with van der Waals surface area (Å²) in [6.45, 7) is 14.2. The summed E-state index contributed by atoms with van der Waals surface area (Å²) in [7, 11) is 0. The molecule has 112 valence electrons. The van der Waals surface area contributed by atoms with Gasteiger partial charge in [-0.05, 0) is 73.5 Å². The van der Waals surface area contributed by atoms with Crippen molar-refractivity contribution in [3.05, 3.63) is 34.4 Å². The van der Waals surface area contributed by atoms with Crippen molar-refractivity contribution in [1.82, 2.24) is 0 Å². The molecule has 0 bridgehead atoms. The fraction of sp³-hybridized carbons (Fsp3) is 0.700. The van der Waals surface area contributed by atoms with Gasteiger partial charge in [-0.3, -0.25) is 0 Å². The van der Waals surface area contributed by atoms with Gasteiger partial charge in [0.2, 0.25) is 0 Å². The number of rotatable bonds is 4. The predicted octanol–water partition coefficient (Wildman–Crippen LogP) is 6.04. The lowest BCUT2D eigenvalue weighted by molar-refractivity contribution is 0.256. The van der Waals surface area contributed by atoms with Crippen molar-refractivity contribution in [2.75, 3.05) is 0 Å². The van der Waals surface area contributed by atoms with Gasteiger partial charge >= 0.3 is 0 Å². The molecule has 1 aliphatic rings. The number of hydrogen-bond acceptors (Lipinski definition) is 0. The molecular formula is C20H32. The first-order valence-corrected chi connectivity index (χ1v) is 8.54. The Morgan fingerprint density at radius 1 is 1.15 bits per heavy atom. The van der Waals surface area contributed by atoms with E-state index < -0.39 is 0 Å². The zero-order chi connectivity index (χ0) is 14.9. The second-order valence-electron chi connectivity index (χ2n) is 7.34. The summed E-state index contributed by atoms with van der Waals surface area (Å²) in [5.41, 5.74) is 6.25. The molecule has 4 unspecified atom stereocenters. The molecule has 0 N–H and O–H groups in total. The maximum atomic E-state index is 2.47. The Kier molecular flexibility index (Phi) is 4.94. The number of aryl methyl sites for hydroxylation is 3. The fourth-order valence-electron chi connectivity index (χ4n) is 4.19. The van der Waals surface area contributed by atoms with Gasteiger partial charge in [0.05, 0.1) is 0 Å². The highest BCUT2D eigenvalue weighted by Crippen LogP contribution is 2.42. The van der Waals surface area contributed by atoms with E-state index in [1.165, 1.54) is 36.8 Å². The summed E-state index contributed by atoms with van der Waals surface area (Å²) >= 11 is 0. The van der Waals surface area contributed by atoms with Crippen LogP contribution in [0.15, 0.2) is 12.1 Å². The van der Waals surface area contributed by atoms with Crippen LogP contribution in [0.5, 0.6) is 0 Å².